The van der Waals surface area contributed by atoms with Gasteiger partial charge in [-0.15, -0.1) is 10.2 Å². The van der Waals surface area contributed by atoms with Crippen LogP contribution in [-0.4, -0.2) is 37.8 Å². The second-order valence-electron chi connectivity index (χ2n) is 6.08. The summed E-state index contributed by atoms with van der Waals surface area (Å²) in [5, 5.41) is 25.0. The number of halogens is 1. The second kappa shape index (κ2) is 6.51. The van der Waals surface area contributed by atoms with Crippen molar-refractivity contribution >= 4 is 0 Å². The summed E-state index contributed by atoms with van der Waals surface area (Å²) in [6.45, 7) is 0. The molecule has 2 atom stereocenters. The van der Waals surface area contributed by atoms with Crippen molar-refractivity contribution in [2.24, 2.45) is 0 Å². The van der Waals surface area contributed by atoms with Gasteiger partial charge in [-0.2, -0.15) is 5.10 Å². The van der Waals surface area contributed by atoms with E-state index in [-0.39, 0.29) is 5.75 Å². The Morgan fingerprint density at radius 3 is 2.68 bits per heavy atom. The van der Waals surface area contributed by atoms with Crippen LogP contribution in [0.25, 0.3) is 22.4 Å². The molecule has 3 aromatic rings. The van der Waals surface area contributed by atoms with Gasteiger partial charge < -0.3 is 9.84 Å². The molecule has 4 rings (SSSR count). The van der Waals surface area contributed by atoms with Crippen LogP contribution in [0.15, 0.2) is 42.7 Å². The number of hydrogen-bond donors (Lipinski definition) is 2. The van der Waals surface area contributed by atoms with Crippen molar-refractivity contribution in [3.05, 3.63) is 42.7 Å². The smallest absolute Gasteiger partial charge is 0.233 e. The van der Waals surface area contributed by atoms with Crippen LogP contribution in [0, 0.1) is 0 Å². The number of nitrogens with zero attached hydrogens (tertiary/aromatic N) is 3. The van der Waals surface area contributed by atoms with E-state index in [1.807, 2.05) is 6.07 Å². The fourth-order valence-electron chi connectivity index (χ4n) is 3.03. The first-order valence-corrected chi connectivity index (χ1v) is 8.18. The van der Waals surface area contributed by atoms with Gasteiger partial charge in [0, 0.05) is 23.4 Å². The van der Waals surface area contributed by atoms with Gasteiger partial charge in [0.25, 0.3) is 0 Å². The number of H-pyrrole nitrogens is 1. The third kappa shape index (κ3) is 3.17. The molecule has 7 heteroatoms. The lowest BCUT2D eigenvalue weighted by atomic mass is 10.0. The fraction of sp³-hybridized carbons (Fsp3) is 0.278. The Hall–Kier alpha value is -2.96. The van der Waals surface area contributed by atoms with Crippen molar-refractivity contribution in [3.63, 3.8) is 0 Å². The second-order valence-corrected chi connectivity index (χ2v) is 6.08. The summed E-state index contributed by atoms with van der Waals surface area (Å²) < 4.78 is 19.2. The van der Waals surface area contributed by atoms with Gasteiger partial charge in [0.05, 0.1) is 11.9 Å². The van der Waals surface area contributed by atoms with E-state index in [0.717, 1.165) is 17.5 Å². The van der Waals surface area contributed by atoms with E-state index in [1.54, 1.807) is 36.7 Å². The van der Waals surface area contributed by atoms with Crippen molar-refractivity contribution < 1.29 is 14.2 Å². The third-order valence-corrected chi connectivity index (χ3v) is 4.39. The maximum absolute atomic E-state index is 13.6. The van der Waals surface area contributed by atoms with E-state index >= 15 is 0 Å². The van der Waals surface area contributed by atoms with Gasteiger partial charge in [0.2, 0.25) is 5.88 Å². The molecule has 0 spiro atoms. The summed E-state index contributed by atoms with van der Waals surface area (Å²) in [4.78, 5) is 0. The van der Waals surface area contributed by atoms with Gasteiger partial charge in [-0.05, 0) is 43.0 Å². The highest BCUT2D eigenvalue weighted by molar-refractivity contribution is 5.73. The number of rotatable bonds is 4. The number of phenols is 1. The Labute approximate surface area is 143 Å². The number of aromatic hydroxyl groups is 1. The average Bonchev–Trinajstić information content (AvgIpc) is 3.28. The van der Waals surface area contributed by atoms with Crippen LogP contribution in [-0.2, 0) is 0 Å². The lowest BCUT2D eigenvalue weighted by Gasteiger charge is -2.14. The van der Waals surface area contributed by atoms with E-state index in [0.29, 0.717) is 30.0 Å². The van der Waals surface area contributed by atoms with Crippen molar-refractivity contribution in [1.82, 2.24) is 20.4 Å². The average molecular weight is 340 g/mol. The van der Waals surface area contributed by atoms with Gasteiger partial charge in [-0.3, -0.25) is 5.10 Å². The van der Waals surface area contributed by atoms with E-state index < -0.39 is 12.3 Å². The quantitative estimate of drug-likeness (QED) is 0.759. The molecule has 0 radical (unpaired) electrons. The predicted octanol–water partition coefficient (Wildman–Crippen LogP) is 3.51. The lowest BCUT2D eigenvalue weighted by Crippen LogP contribution is -2.22. The number of benzene rings is 1. The summed E-state index contributed by atoms with van der Waals surface area (Å²) in [6, 6.07) is 8.65. The van der Waals surface area contributed by atoms with Gasteiger partial charge in [0.1, 0.15) is 18.0 Å². The van der Waals surface area contributed by atoms with Gasteiger partial charge in [0.15, 0.2) is 0 Å². The molecule has 0 bridgehead atoms. The molecule has 0 aliphatic heterocycles. The normalized spacial score (nSPS) is 19.9. The minimum atomic E-state index is -0.944. The molecule has 25 heavy (non-hydrogen) atoms. The number of phenolic OH excluding ortho intramolecular Hbond substituents is 1. The first-order valence-electron chi connectivity index (χ1n) is 8.18. The van der Waals surface area contributed by atoms with Gasteiger partial charge >= 0.3 is 0 Å². The fourth-order valence-corrected chi connectivity index (χ4v) is 3.03. The number of ether oxygens (including phenoxy) is 1. The summed E-state index contributed by atoms with van der Waals surface area (Å²) in [6.07, 6.45) is 4.11. The topological polar surface area (TPSA) is 83.9 Å². The minimum Gasteiger partial charge on any atom is -0.507 e. The van der Waals surface area contributed by atoms with Gasteiger partial charge in [-0.1, -0.05) is 6.07 Å². The number of nitrogens with one attached hydrogen (secondary N) is 1. The highest BCUT2D eigenvalue weighted by Gasteiger charge is 2.29. The molecule has 128 valence electrons. The Balaban J connectivity index is 1.53. The van der Waals surface area contributed by atoms with Crippen molar-refractivity contribution in [1.29, 1.82) is 0 Å². The molecule has 6 nitrogen and oxygen atoms in total. The molecule has 0 unspecified atom stereocenters. The van der Waals surface area contributed by atoms with Crippen LogP contribution in [0.2, 0.25) is 0 Å². The molecular formula is C18H17FN4O2. The Morgan fingerprint density at radius 2 is 2.04 bits per heavy atom. The summed E-state index contributed by atoms with van der Waals surface area (Å²) in [7, 11) is 0. The van der Waals surface area contributed by atoms with Gasteiger partial charge in [-0.25, -0.2) is 4.39 Å². The van der Waals surface area contributed by atoms with E-state index in [2.05, 4.69) is 20.4 Å². The van der Waals surface area contributed by atoms with Crippen molar-refractivity contribution in [2.45, 2.75) is 31.5 Å². The monoisotopic (exact) mass is 340 g/mol. The molecular weight excluding hydrogens is 323 g/mol. The minimum absolute atomic E-state index is 0.0984. The lowest BCUT2D eigenvalue weighted by molar-refractivity contribution is 0.119. The van der Waals surface area contributed by atoms with Crippen LogP contribution in [0.4, 0.5) is 4.39 Å². The standard InChI is InChI=1S/C18H17FN4O2/c19-14-2-1-3-17(14)25-18-7-6-15(22-23-18)13-5-4-11(8-16(13)24)12-9-20-21-10-12/h4-10,14,17,24H,1-3H2,(H,20,21)/t14-,17+/m0/s1. The predicted molar refractivity (Wildman–Crippen MR) is 89.9 cm³/mol. The molecule has 0 amide bonds. The zero-order valence-electron chi connectivity index (χ0n) is 13.4. The maximum atomic E-state index is 13.6. The van der Waals surface area contributed by atoms with Crippen LogP contribution in [0.1, 0.15) is 19.3 Å². The molecule has 1 saturated carbocycles. The maximum Gasteiger partial charge on any atom is 0.233 e. The number of aromatic amines is 1. The van der Waals surface area contributed by atoms with Crippen molar-refractivity contribution in [3.8, 4) is 34.0 Å². The Kier molecular flexibility index (Phi) is 4.05. The van der Waals surface area contributed by atoms with Crippen LogP contribution in [0.3, 0.4) is 0 Å². The van der Waals surface area contributed by atoms with Crippen LogP contribution in [0.5, 0.6) is 11.6 Å². The highest BCUT2D eigenvalue weighted by atomic mass is 19.1. The first kappa shape index (κ1) is 15.6. The highest BCUT2D eigenvalue weighted by Crippen LogP contribution is 2.32. The van der Waals surface area contributed by atoms with E-state index in [9.17, 15) is 9.50 Å². The molecule has 1 aliphatic rings. The largest absolute Gasteiger partial charge is 0.507 e. The molecule has 0 saturated heterocycles. The van der Waals surface area contributed by atoms with Crippen LogP contribution < -0.4 is 4.74 Å². The first-order chi connectivity index (χ1) is 12.2. The summed E-state index contributed by atoms with van der Waals surface area (Å²) >= 11 is 0. The molecule has 1 aromatic carbocycles. The van der Waals surface area contributed by atoms with Crippen LogP contribution >= 0.6 is 0 Å². The number of hydrogen-bond acceptors (Lipinski definition) is 5. The molecule has 2 aromatic heterocycles. The summed E-state index contributed by atoms with van der Waals surface area (Å²) in [5.74, 6) is 0.397. The van der Waals surface area contributed by atoms with E-state index in [4.69, 9.17) is 4.74 Å². The number of alkyl halides is 1. The Morgan fingerprint density at radius 1 is 1.12 bits per heavy atom. The number of aromatic nitrogens is 4. The molecule has 2 N–H and O–H groups in total. The van der Waals surface area contributed by atoms with E-state index in [1.165, 1.54) is 0 Å². The summed E-state index contributed by atoms with van der Waals surface area (Å²) in [5.41, 5.74) is 2.81. The SMILES string of the molecule is Oc1cc(-c2cn[nH]c2)ccc1-c1ccc(O[C@@H]2CCC[C@@H]2F)nn1. The third-order valence-electron chi connectivity index (χ3n) is 4.39. The zero-order valence-corrected chi connectivity index (χ0v) is 13.4. The van der Waals surface area contributed by atoms with Crippen molar-refractivity contribution in [2.75, 3.05) is 0 Å². The molecule has 1 fully saturated rings. The Bertz CT molecular complexity index is 852. The zero-order chi connectivity index (χ0) is 17.2. The molecule has 2 heterocycles. The molecule has 1 aliphatic carbocycles.